The molecule has 1 rings (SSSR count). The molecule has 1 N–H and O–H groups in total. The summed E-state index contributed by atoms with van der Waals surface area (Å²) in [5.74, 6) is 0. The van der Waals surface area contributed by atoms with Gasteiger partial charge in [-0.05, 0) is 0 Å². The molecule has 0 saturated heterocycles. The summed E-state index contributed by atoms with van der Waals surface area (Å²) < 4.78 is 3.86. The standard InChI is InChI=1S/C4H2ClN3OS2/c5-4-3(1-10)8(9-2-6)11-7-4/h1,7H. The summed E-state index contributed by atoms with van der Waals surface area (Å²) in [6, 6.07) is 0. The second-order valence-corrected chi connectivity index (χ2v) is 2.78. The Bertz CT molecular complexity index is 248. The lowest BCUT2D eigenvalue weighted by Crippen LogP contribution is -2.09. The molecule has 0 aliphatic carbocycles. The van der Waals surface area contributed by atoms with Gasteiger partial charge < -0.3 is 0 Å². The van der Waals surface area contributed by atoms with Crippen LogP contribution in [0, 0.1) is 11.5 Å². The minimum atomic E-state index is 0.361. The van der Waals surface area contributed by atoms with Gasteiger partial charge in [0.15, 0.2) is 0 Å². The maximum atomic E-state index is 8.16. The van der Waals surface area contributed by atoms with E-state index in [0.717, 1.165) is 12.1 Å². The molecule has 0 saturated carbocycles. The normalized spacial score (nSPS) is 15.8. The third-order valence-corrected chi connectivity index (χ3v) is 2.23. The molecule has 1 aliphatic rings. The van der Waals surface area contributed by atoms with E-state index in [1.54, 1.807) is 0 Å². The minimum Gasteiger partial charge on any atom is -0.298 e. The monoisotopic (exact) mass is 207 g/mol. The third kappa shape index (κ3) is 1.68. The highest BCUT2D eigenvalue weighted by atomic mass is 35.5. The van der Waals surface area contributed by atoms with Crippen molar-refractivity contribution >= 4 is 41.3 Å². The van der Waals surface area contributed by atoms with Crippen LogP contribution in [0.4, 0.5) is 0 Å². The molecule has 7 heteroatoms. The lowest BCUT2D eigenvalue weighted by molar-refractivity contribution is 0.0561. The summed E-state index contributed by atoms with van der Waals surface area (Å²) in [7, 11) is 0. The summed E-state index contributed by atoms with van der Waals surface area (Å²) >= 11 is 11.3. The van der Waals surface area contributed by atoms with Crippen molar-refractivity contribution in [3.8, 4) is 6.26 Å². The van der Waals surface area contributed by atoms with Crippen LogP contribution in [0.2, 0.25) is 0 Å². The van der Waals surface area contributed by atoms with Crippen LogP contribution in [-0.4, -0.2) is 9.84 Å². The van der Waals surface area contributed by atoms with E-state index in [2.05, 4.69) is 21.8 Å². The van der Waals surface area contributed by atoms with Crippen molar-refractivity contribution in [2.75, 3.05) is 0 Å². The van der Waals surface area contributed by atoms with Gasteiger partial charge in [0.25, 0.3) is 0 Å². The molecule has 1 aliphatic heterocycles. The largest absolute Gasteiger partial charge is 0.315 e. The predicted molar refractivity (Wildman–Crippen MR) is 45.8 cm³/mol. The third-order valence-electron chi connectivity index (χ3n) is 0.875. The first-order valence-corrected chi connectivity index (χ1v) is 4.06. The highest BCUT2D eigenvalue weighted by Crippen LogP contribution is 2.26. The Morgan fingerprint density at radius 3 is 3.18 bits per heavy atom. The molecule has 0 aromatic rings. The first kappa shape index (κ1) is 8.46. The number of hydroxylamine groups is 1. The second-order valence-electron chi connectivity index (χ2n) is 1.45. The van der Waals surface area contributed by atoms with E-state index in [-0.39, 0.29) is 0 Å². The van der Waals surface area contributed by atoms with Crippen LogP contribution in [0.5, 0.6) is 0 Å². The Morgan fingerprint density at radius 2 is 2.64 bits per heavy atom. The van der Waals surface area contributed by atoms with E-state index < -0.39 is 0 Å². The predicted octanol–water partition coefficient (Wildman–Crippen LogP) is 1.28. The van der Waals surface area contributed by atoms with Gasteiger partial charge in [0, 0.05) is 5.37 Å². The fourth-order valence-corrected chi connectivity index (χ4v) is 1.67. The molecule has 0 amide bonds. The van der Waals surface area contributed by atoms with Crippen LogP contribution in [0.1, 0.15) is 0 Å². The topological polar surface area (TPSA) is 48.3 Å². The second kappa shape index (κ2) is 3.67. The maximum Gasteiger partial charge on any atom is 0.315 e. The molecule has 0 unspecified atom stereocenters. The van der Waals surface area contributed by atoms with Crippen LogP contribution in [0.15, 0.2) is 10.9 Å². The van der Waals surface area contributed by atoms with Gasteiger partial charge in [-0.2, -0.15) is 0 Å². The summed E-state index contributed by atoms with van der Waals surface area (Å²) in [5.41, 5.74) is 0.466. The Kier molecular flexibility index (Phi) is 2.82. The SMILES string of the molecule is N#CON1SNC(Cl)=C1C=S. The van der Waals surface area contributed by atoms with Gasteiger partial charge >= 0.3 is 6.26 Å². The maximum absolute atomic E-state index is 8.16. The molecule has 0 fully saturated rings. The van der Waals surface area contributed by atoms with Crippen molar-refractivity contribution < 1.29 is 4.84 Å². The number of nitrogens with one attached hydrogen (secondary N) is 1. The zero-order valence-corrected chi connectivity index (χ0v) is 7.46. The summed E-state index contributed by atoms with van der Waals surface area (Å²) in [6.45, 7) is 0. The lowest BCUT2D eigenvalue weighted by atomic mass is 10.6. The molecule has 4 nitrogen and oxygen atoms in total. The van der Waals surface area contributed by atoms with E-state index >= 15 is 0 Å². The van der Waals surface area contributed by atoms with Gasteiger partial charge in [0.05, 0.1) is 0 Å². The zero-order valence-electron chi connectivity index (χ0n) is 5.07. The van der Waals surface area contributed by atoms with Crippen LogP contribution >= 0.6 is 36.0 Å². The van der Waals surface area contributed by atoms with Crippen molar-refractivity contribution in [2.24, 2.45) is 0 Å². The Hall–Kier alpha value is -0.640. The average molecular weight is 208 g/mol. The smallest absolute Gasteiger partial charge is 0.298 e. The molecule has 11 heavy (non-hydrogen) atoms. The van der Waals surface area contributed by atoms with Crippen molar-refractivity contribution in [3.63, 3.8) is 0 Å². The summed E-state index contributed by atoms with van der Waals surface area (Å²) in [6.07, 6.45) is 1.50. The van der Waals surface area contributed by atoms with Gasteiger partial charge in [-0.25, -0.2) is 0 Å². The van der Waals surface area contributed by atoms with Crippen LogP contribution in [0.25, 0.3) is 0 Å². The number of halogens is 1. The molecule has 0 aromatic carbocycles. The fourth-order valence-electron chi connectivity index (χ4n) is 0.463. The Morgan fingerprint density at radius 1 is 1.91 bits per heavy atom. The lowest BCUT2D eigenvalue weighted by Gasteiger charge is -2.08. The highest BCUT2D eigenvalue weighted by Gasteiger charge is 2.22. The van der Waals surface area contributed by atoms with Crippen molar-refractivity contribution in [2.45, 2.75) is 0 Å². The quantitative estimate of drug-likeness (QED) is 0.319. The van der Waals surface area contributed by atoms with Gasteiger partial charge in [-0.1, -0.05) is 23.8 Å². The van der Waals surface area contributed by atoms with Gasteiger partial charge in [0.2, 0.25) is 0 Å². The van der Waals surface area contributed by atoms with E-state index in [1.165, 1.54) is 16.1 Å². The number of allylic oxidation sites excluding steroid dienone is 1. The summed E-state index contributed by atoms with van der Waals surface area (Å²) in [5, 5.41) is 9.85. The summed E-state index contributed by atoms with van der Waals surface area (Å²) in [4.78, 5) is 4.48. The average Bonchev–Trinajstić information content (AvgIpc) is 2.33. The van der Waals surface area contributed by atoms with Gasteiger partial charge in [-0.15, -0.1) is 9.73 Å². The molecular formula is C4H2ClN3OS2. The molecule has 0 aromatic heterocycles. The Balaban J connectivity index is 2.73. The molecule has 1 heterocycles. The minimum absolute atomic E-state index is 0.361. The number of nitriles is 1. The van der Waals surface area contributed by atoms with Crippen molar-refractivity contribution in [1.29, 1.82) is 5.26 Å². The van der Waals surface area contributed by atoms with Gasteiger partial charge in [0.1, 0.15) is 23.0 Å². The van der Waals surface area contributed by atoms with E-state index in [9.17, 15) is 0 Å². The number of nitrogens with zero attached hydrogens (tertiary/aromatic N) is 2. The van der Waals surface area contributed by atoms with Crippen molar-refractivity contribution in [1.82, 2.24) is 9.19 Å². The van der Waals surface area contributed by atoms with E-state index in [4.69, 9.17) is 16.9 Å². The van der Waals surface area contributed by atoms with Gasteiger partial charge in [-0.3, -0.25) is 9.56 Å². The molecule has 58 valence electrons. The van der Waals surface area contributed by atoms with Crippen molar-refractivity contribution in [3.05, 3.63) is 10.9 Å². The van der Waals surface area contributed by atoms with E-state index in [0.29, 0.717) is 10.9 Å². The van der Waals surface area contributed by atoms with Crippen LogP contribution in [0.3, 0.4) is 0 Å². The molecule has 0 atom stereocenters. The molecule has 0 spiro atoms. The van der Waals surface area contributed by atoms with E-state index in [1.807, 2.05) is 0 Å². The fraction of sp³-hybridized carbons (Fsp3) is 0. The molecule has 0 bridgehead atoms. The number of rotatable bonds is 2. The highest BCUT2D eigenvalue weighted by molar-refractivity contribution is 7.95. The first-order chi connectivity index (χ1) is 5.29. The number of hydrogen-bond donors (Lipinski definition) is 1. The van der Waals surface area contributed by atoms with Crippen LogP contribution < -0.4 is 4.72 Å². The Labute approximate surface area is 78.0 Å². The zero-order chi connectivity index (χ0) is 8.27. The first-order valence-electron chi connectivity index (χ1n) is 2.43. The van der Waals surface area contributed by atoms with Crippen LogP contribution in [-0.2, 0) is 4.84 Å². The molecular weight excluding hydrogens is 206 g/mol. The number of thiocarbonyl (C=S) groups is 1. The number of hydrogen-bond acceptors (Lipinski definition) is 6. The molecule has 0 radical (unpaired) electrons.